The number of ether oxygens (including phenoxy) is 1. The van der Waals surface area contributed by atoms with Crippen LogP contribution in [-0.4, -0.2) is 35.8 Å². The zero-order valence-corrected chi connectivity index (χ0v) is 10.3. The van der Waals surface area contributed by atoms with E-state index in [1.54, 1.807) is 18.0 Å². The Labute approximate surface area is 104 Å². The van der Waals surface area contributed by atoms with Crippen LogP contribution in [0.2, 0.25) is 0 Å². The fourth-order valence-corrected chi connectivity index (χ4v) is 3.47. The Morgan fingerprint density at radius 3 is 3.18 bits per heavy atom. The van der Waals surface area contributed by atoms with Crippen molar-refractivity contribution in [2.45, 2.75) is 24.3 Å². The number of thioether (sulfide) groups is 1. The van der Waals surface area contributed by atoms with Crippen molar-refractivity contribution in [2.75, 3.05) is 18.9 Å². The van der Waals surface area contributed by atoms with E-state index in [2.05, 4.69) is 0 Å². The van der Waals surface area contributed by atoms with Gasteiger partial charge in [-0.25, -0.2) is 0 Å². The van der Waals surface area contributed by atoms with Gasteiger partial charge >= 0.3 is 0 Å². The van der Waals surface area contributed by atoms with Gasteiger partial charge in [-0.05, 0) is 25.0 Å². The molecule has 0 radical (unpaired) electrons. The number of hydrogen-bond donors (Lipinski definition) is 0. The molecule has 0 aliphatic carbocycles. The molecule has 1 aromatic heterocycles. The third kappa shape index (κ3) is 2.21. The molecule has 17 heavy (non-hydrogen) atoms. The van der Waals surface area contributed by atoms with Crippen molar-refractivity contribution in [2.24, 2.45) is 0 Å². The van der Waals surface area contributed by atoms with Gasteiger partial charge in [0.1, 0.15) is 11.1 Å². The van der Waals surface area contributed by atoms with Crippen LogP contribution in [-0.2, 0) is 9.53 Å². The number of nitrogens with zero attached hydrogens (tertiary/aromatic N) is 1. The molecule has 3 rings (SSSR count). The zero-order chi connectivity index (χ0) is 11.7. The molecule has 0 N–H and O–H groups in total. The Kier molecular flexibility index (Phi) is 3.11. The molecule has 2 aliphatic rings. The molecule has 4 nitrogen and oxygen atoms in total. The summed E-state index contributed by atoms with van der Waals surface area (Å²) in [7, 11) is 0. The van der Waals surface area contributed by atoms with Crippen LogP contribution in [0, 0.1) is 0 Å². The largest absolute Gasteiger partial charge is 0.466 e. The Bertz CT molecular complexity index is 386. The molecule has 1 aromatic rings. The molecule has 0 spiro atoms. The highest BCUT2D eigenvalue weighted by atomic mass is 32.2. The first-order valence-electron chi connectivity index (χ1n) is 5.90. The van der Waals surface area contributed by atoms with Crippen molar-refractivity contribution in [1.29, 1.82) is 0 Å². The monoisotopic (exact) mass is 253 g/mol. The average Bonchev–Trinajstić information content (AvgIpc) is 3.03. The summed E-state index contributed by atoms with van der Waals surface area (Å²) >= 11 is 1.63. The summed E-state index contributed by atoms with van der Waals surface area (Å²) < 4.78 is 11.0. The minimum atomic E-state index is 0.0294. The van der Waals surface area contributed by atoms with Gasteiger partial charge in [0.05, 0.1) is 18.1 Å². The topological polar surface area (TPSA) is 42.7 Å². The predicted molar refractivity (Wildman–Crippen MR) is 64.6 cm³/mol. The van der Waals surface area contributed by atoms with Crippen molar-refractivity contribution < 1.29 is 13.9 Å². The number of amides is 1. The second-order valence-corrected chi connectivity index (χ2v) is 5.43. The molecule has 0 saturated carbocycles. The molecule has 2 saturated heterocycles. The predicted octanol–water partition coefficient (Wildman–Crippen LogP) is 2.03. The van der Waals surface area contributed by atoms with Gasteiger partial charge in [-0.15, -0.1) is 11.8 Å². The molecule has 2 aliphatic heterocycles. The van der Waals surface area contributed by atoms with E-state index in [9.17, 15) is 4.79 Å². The Balaban J connectivity index is 1.72. The van der Waals surface area contributed by atoms with Crippen LogP contribution in [0.4, 0.5) is 0 Å². The van der Waals surface area contributed by atoms with E-state index in [0.29, 0.717) is 12.3 Å². The minimum absolute atomic E-state index is 0.0294. The third-order valence-corrected chi connectivity index (χ3v) is 4.40. The number of rotatable bonds is 3. The summed E-state index contributed by atoms with van der Waals surface area (Å²) in [6.45, 7) is 1.52. The molecule has 92 valence electrons. The van der Waals surface area contributed by atoms with E-state index in [-0.39, 0.29) is 17.4 Å². The molecular weight excluding hydrogens is 238 g/mol. The van der Waals surface area contributed by atoms with Crippen LogP contribution in [0.5, 0.6) is 0 Å². The van der Waals surface area contributed by atoms with Crippen LogP contribution in [0.25, 0.3) is 0 Å². The Morgan fingerprint density at radius 1 is 1.53 bits per heavy atom. The maximum absolute atomic E-state index is 11.9. The van der Waals surface area contributed by atoms with E-state index < -0.39 is 0 Å². The van der Waals surface area contributed by atoms with Crippen molar-refractivity contribution in [3.05, 3.63) is 24.2 Å². The van der Waals surface area contributed by atoms with E-state index in [1.165, 1.54) is 0 Å². The lowest BCUT2D eigenvalue weighted by atomic mass is 10.2. The van der Waals surface area contributed by atoms with E-state index in [0.717, 1.165) is 25.2 Å². The highest BCUT2D eigenvalue weighted by Crippen LogP contribution is 2.39. The van der Waals surface area contributed by atoms with E-state index >= 15 is 0 Å². The van der Waals surface area contributed by atoms with Crippen molar-refractivity contribution >= 4 is 17.7 Å². The molecule has 5 heteroatoms. The standard InChI is InChI=1S/C12H15NO3S/c14-11-8-17-12(10-4-2-6-16-10)13(11)7-9-3-1-5-15-9/h2,4,6,9,12H,1,3,5,7-8H2/t9-,12-/m0/s1. The Morgan fingerprint density at radius 2 is 2.47 bits per heavy atom. The summed E-state index contributed by atoms with van der Waals surface area (Å²) in [6, 6.07) is 3.79. The minimum Gasteiger partial charge on any atom is -0.466 e. The van der Waals surface area contributed by atoms with Gasteiger partial charge in [-0.2, -0.15) is 0 Å². The lowest BCUT2D eigenvalue weighted by Crippen LogP contribution is -2.35. The van der Waals surface area contributed by atoms with Crippen LogP contribution in [0.3, 0.4) is 0 Å². The number of carbonyl (C=O) groups excluding carboxylic acids is 1. The second-order valence-electron chi connectivity index (χ2n) is 4.36. The first-order valence-corrected chi connectivity index (χ1v) is 6.95. The van der Waals surface area contributed by atoms with Gasteiger partial charge in [0.15, 0.2) is 0 Å². The lowest BCUT2D eigenvalue weighted by Gasteiger charge is -2.24. The SMILES string of the molecule is O=C1CS[C@@H](c2ccco2)N1C[C@@H]1CCCO1. The third-order valence-electron chi connectivity index (χ3n) is 3.18. The summed E-state index contributed by atoms with van der Waals surface area (Å²) in [5.74, 6) is 1.59. The number of hydrogen-bond acceptors (Lipinski definition) is 4. The Hall–Kier alpha value is -0.940. The lowest BCUT2D eigenvalue weighted by molar-refractivity contribution is -0.129. The van der Waals surface area contributed by atoms with Crippen molar-refractivity contribution in [3.63, 3.8) is 0 Å². The smallest absolute Gasteiger partial charge is 0.234 e. The van der Waals surface area contributed by atoms with Crippen LogP contribution < -0.4 is 0 Å². The summed E-state index contributed by atoms with van der Waals surface area (Å²) in [5.41, 5.74) is 0. The van der Waals surface area contributed by atoms with Crippen molar-refractivity contribution in [3.8, 4) is 0 Å². The molecular formula is C12H15NO3S. The number of carbonyl (C=O) groups is 1. The molecule has 0 unspecified atom stereocenters. The summed E-state index contributed by atoms with van der Waals surface area (Å²) in [4.78, 5) is 13.8. The van der Waals surface area contributed by atoms with Gasteiger partial charge in [0.25, 0.3) is 0 Å². The van der Waals surface area contributed by atoms with E-state index in [4.69, 9.17) is 9.15 Å². The normalized spacial score (nSPS) is 29.2. The highest BCUT2D eigenvalue weighted by Gasteiger charge is 2.36. The van der Waals surface area contributed by atoms with Crippen LogP contribution >= 0.6 is 11.8 Å². The van der Waals surface area contributed by atoms with Gasteiger partial charge in [0.2, 0.25) is 5.91 Å². The fraction of sp³-hybridized carbons (Fsp3) is 0.583. The second kappa shape index (κ2) is 4.74. The molecule has 3 heterocycles. The molecule has 1 amide bonds. The average molecular weight is 253 g/mol. The van der Waals surface area contributed by atoms with Crippen LogP contribution in [0.1, 0.15) is 24.0 Å². The first kappa shape index (κ1) is 11.2. The fourth-order valence-electron chi connectivity index (χ4n) is 2.33. The van der Waals surface area contributed by atoms with Gasteiger partial charge in [-0.3, -0.25) is 4.79 Å². The van der Waals surface area contributed by atoms with Gasteiger partial charge < -0.3 is 14.1 Å². The van der Waals surface area contributed by atoms with Gasteiger partial charge in [-0.1, -0.05) is 0 Å². The molecule has 0 aromatic carbocycles. The quantitative estimate of drug-likeness (QED) is 0.826. The maximum atomic E-state index is 11.9. The van der Waals surface area contributed by atoms with E-state index in [1.807, 2.05) is 17.0 Å². The maximum Gasteiger partial charge on any atom is 0.234 e. The zero-order valence-electron chi connectivity index (χ0n) is 9.50. The molecule has 0 bridgehead atoms. The first-order chi connectivity index (χ1) is 8.34. The molecule has 2 fully saturated rings. The highest BCUT2D eigenvalue weighted by molar-refractivity contribution is 8.00. The molecule has 2 atom stereocenters. The van der Waals surface area contributed by atoms with Crippen LogP contribution in [0.15, 0.2) is 22.8 Å². The summed E-state index contributed by atoms with van der Waals surface area (Å²) in [5, 5.41) is 0.0294. The van der Waals surface area contributed by atoms with Gasteiger partial charge in [0, 0.05) is 13.2 Å². The summed E-state index contributed by atoms with van der Waals surface area (Å²) in [6.07, 6.45) is 4.02. The number of furan rings is 1. The van der Waals surface area contributed by atoms with Crippen molar-refractivity contribution in [1.82, 2.24) is 4.90 Å².